The summed E-state index contributed by atoms with van der Waals surface area (Å²) in [6, 6.07) is -1.23. The Labute approximate surface area is 97.6 Å². The van der Waals surface area contributed by atoms with E-state index in [1.165, 1.54) is 7.05 Å². The molecule has 0 N–H and O–H groups in total. The van der Waals surface area contributed by atoms with E-state index < -0.39 is 12.1 Å². The molecule has 0 saturated carbocycles. The van der Waals surface area contributed by atoms with Crippen molar-refractivity contribution in [2.24, 2.45) is 9.98 Å². The number of hydrogen-bond donors (Lipinski definition) is 0. The van der Waals surface area contributed by atoms with Gasteiger partial charge in [-0.15, -0.1) is 11.6 Å². The molecule has 0 spiro atoms. The maximum Gasteiger partial charge on any atom is 0.351 e. The van der Waals surface area contributed by atoms with Crippen molar-refractivity contribution >= 4 is 35.2 Å². The summed E-state index contributed by atoms with van der Waals surface area (Å²) < 4.78 is 0. The Balaban J connectivity index is 2.38. The van der Waals surface area contributed by atoms with Crippen LogP contribution in [0.25, 0.3) is 0 Å². The lowest BCUT2D eigenvalue weighted by Gasteiger charge is -2.25. The maximum atomic E-state index is 11.8. The Morgan fingerprint density at radius 3 is 2.75 bits per heavy atom. The summed E-state index contributed by atoms with van der Waals surface area (Å²) in [7, 11) is 1.40. The second-order valence-corrected chi connectivity index (χ2v) is 3.95. The smallest absolute Gasteiger partial charge is 0.315 e. The Bertz CT molecular complexity index is 418. The van der Waals surface area contributed by atoms with Gasteiger partial charge in [0.1, 0.15) is 5.84 Å². The molecule has 2 aliphatic rings. The van der Waals surface area contributed by atoms with Crippen molar-refractivity contribution in [3.8, 4) is 0 Å². The largest absolute Gasteiger partial charge is 0.351 e. The van der Waals surface area contributed by atoms with Crippen LogP contribution in [0.2, 0.25) is 0 Å². The molecule has 2 aliphatic heterocycles. The highest BCUT2D eigenvalue weighted by atomic mass is 35.5. The third-order valence-corrected chi connectivity index (χ3v) is 2.77. The molecule has 1 atom stereocenters. The van der Waals surface area contributed by atoms with E-state index in [-0.39, 0.29) is 5.91 Å². The molecule has 0 radical (unpaired) electrons. The first-order valence-electron chi connectivity index (χ1n) is 4.84. The van der Waals surface area contributed by atoms with E-state index >= 15 is 0 Å². The van der Waals surface area contributed by atoms with Gasteiger partial charge in [0.2, 0.25) is 0 Å². The summed E-state index contributed by atoms with van der Waals surface area (Å²) in [6.45, 7) is 2.27. The summed E-state index contributed by atoms with van der Waals surface area (Å²) in [4.78, 5) is 33.9. The van der Waals surface area contributed by atoms with Crippen molar-refractivity contribution in [1.29, 1.82) is 0 Å². The van der Waals surface area contributed by atoms with E-state index in [9.17, 15) is 9.59 Å². The molecule has 0 bridgehead atoms. The highest BCUT2D eigenvalue weighted by Crippen LogP contribution is 2.19. The predicted molar refractivity (Wildman–Crippen MR) is 59.9 cm³/mol. The molecule has 2 heterocycles. The normalized spacial score (nSPS) is 24.6. The van der Waals surface area contributed by atoms with Gasteiger partial charge in [-0.2, -0.15) is 4.99 Å². The Kier molecular flexibility index (Phi) is 2.67. The Morgan fingerprint density at radius 1 is 1.44 bits per heavy atom. The maximum absolute atomic E-state index is 11.8. The zero-order valence-electron chi connectivity index (χ0n) is 8.97. The van der Waals surface area contributed by atoms with Gasteiger partial charge in [0, 0.05) is 19.5 Å². The minimum Gasteiger partial charge on any atom is -0.315 e. The first-order chi connectivity index (χ1) is 7.56. The van der Waals surface area contributed by atoms with E-state index in [1.54, 1.807) is 11.8 Å². The molecule has 7 heteroatoms. The van der Waals surface area contributed by atoms with Crippen LogP contribution >= 0.6 is 11.6 Å². The number of aliphatic imine (C=N–C) groups is 2. The third kappa shape index (κ3) is 1.49. The molecule has 0 aromatic carbocycles. The van der Waals surface area contributed by atoms with Gasteiger partial charge in [-0.25, -0.2) is 4.79 Å². The van der Waals surface area contributed by atoms with E-state index in [0.29, 0.717) is 24.1 Å². The quantitative estimate of drug-likeness (QED) is 0.655. The van der Waals surface area contributed by atoms with Crippen molar-refractivity contribution in [3.05, 3.63) is 0 Å². The van der Waals surface area contributed by atoms with Crippen LogP contribution in [0.4, 0.5) is 4.79 Å². The first kappa shape index (κ1) is 11.1. The molecule has 6 nitrogen and oxygen atoms in total. The van der Waals surface area contributed by atoms with Crippen LogP contribution in [-0.4, -0.2) is 58.9 Å². The number of carbonyl (C=O) groups excluding carboxylic acids is 2. The van der Waals surface area contributed by atoms with Crippen LogP contribution in [-0.2, 0) is 4.79 Å². The van der Waals surface area contributed by atoms with Crippen molar-refractivity contribution in [2.75, 3.05) is 19.5 Å². The first-order valence-corrected chi connectivity index (χ1v) is 5.37. The van der Waals surface area contributed by atoms with Crippen LogP contribution in [0.15, 0.2) is 9.98 Å². The summed E-state index contributed by atoms with van der Waals surface area (Å²) in [6.07, 6.45) is 0. The van der Waals surface area contributed by atoms with Crippen molar-refractivity contribution in [3.63, 3.8) is 0 Å². The number of urea groups is 1. The zero-order chi connectivity index (χ0) is 11.9. The molecular formula is C9H11ClN4O2. The van der Waals surface area contributed by atoms with E-state index in [4.69, 9.17) is 11.6 Å². The lowest BCUT2D eigenvalue weighted by molar-refractivity contribution is -0.127. The zero-order valence-corrected chi connectivity index (χ0v) is 9.73. The fraction of sp³-hybridized carbons (Fsp3) is 0.556. The number of rotatable bonds is 2. The average Bonchev–Trinajstić information content (AvgIpc) is 2.55. The third-order valence-electron chi connectivity index (χ3n) is 2.60. The SMILES string of the molecule is CC1=NC2C(=O)N(C)C(=O)N=C2N1CCCl. The monoisotopic (exact) mass is 242 g/mol. The molecule has 1 unspecified atom stereocenters. The second-order valence-electron chi connectivity index (χ2n) is 3.57. The van der Waals surface area contributed by atoms with E-state index in [2.05, 4.69) is 9.98 Å². The molecule has 0 aromatic rings. The molecule has 3 amide bonds. The summed E-state index contributed by atoms with van der Waals surface area (Å²) in [5, 5.41) is 0. The number of halogens is 1. The van der Waals surface area contributed by atoms with Crippen molar-refractivity contribution in [1.82, 2.24) is 9.80 Å². The Morgan fingerprint density at radius 2 is 2.12 bits per heavy atom. The number of alkyl halides is 1. The number of amidine groups is 2. The second kappa shape index (κ2) is 3.86. The fourth-order valence-corrected chi connectivity index (χ4v) is 1.90. The van der Waals surface area contributed by atoms with Crippen LogP contribution < -0.4 is 0 Å². The molecule has 0 aliphatic carbocycles. The van der Waals surface area contributed by atoms with Crippen LogP contribution in [0.5, 0.6) is 0 Å². The van der Waals surface area contributed by atoms with Crippen molar-refractivity contribution in [2.45, 2.75) is 13.0 Å². The van der Waals surface area contributed by atoms with Gasteiger partial charge in [-0.3, -0.25) is 14.7 Å². The Hall–Kier alpha value is -1.43. The molecular weight excluding hydrogens is 232 g/mol. The van der Waals surface area contributed by atoms with Gasteiger partial charge >= 0.3 is 6.03 Å². The average molecular weight is 243 g/mol. The predicted octanol–water partition coefficient (Wildman–Crippen LogP) is 0.318. The minimum atomic E-state index is -0.675. The molecule has 0 aromatic heterocycles. The van der Waals surface area contributed by atoms with Crippen molar-refractivity contribution < 1.29 is 9.59 Å². The van der Waals surface area contributed by atoms with Gasteiger partial charge in [0.05, 0.1) is 0 Å². The lowest BCUT2D eigenvalue weighted by atomic mass is 10.2. The molecule has 16 heavy (non-hydrogen) atoms. The molecule has 0 saturated heterocycles. The summed E-state index contributed by atoms with van der Waals surface area (Å²) in [5.41, 5.74) is 0. The highest BCUT2D eigenvalue weighted by molar-refractivity contribution is 6.25. The molecule has 0 fully saturated rings. The van der Waals surface area contributed by atoms with Crippen LogP contribution in [0.1, 0.15) is 6.92 Å². The fourth-order valence-electron chi connectivity index (χ4n) is 1.73. The number of likely N-dealkylation sites (N-methyl/N-ethyl adjacent to an activating group) is 1. The van der Waals surface area contributed by atoms with Gasteiger partial charge in [-0.05, 0) is 6.92 Å². The lowest BCUT2D eigenvalue weighted by Crippen LogP contribution is -2.49. The summed E-state index contributed by atoms with van der Waals surface area (Å²) in [5.74, 6) is 1.11. The highest BCUT2D eigenvalue weighted by Gasteiger charge is 2.42. The minimum absolute atomic E-state index is 0.341. The van der Waals surface area contributed by atoms with Gasteiger partial charge < -0.3 is 4.90 Å². The number of carbonyl (C=O) groups is 2. The van der Waals surface area contributed by atoms with E-state index in [1.807, 2.05) is 0 Å². The van der Waals surface area contributed by atoms with Gasteiger partial charge in [-0.1, -0.05) is 0 Å². The van der Waals surface area contributed by atoms with Gasteiger partial charge in [0.25, 0.3) is 5.91 Å². The van der Waals surface area contributed by atoms with Crippen LogP contribution in [0, 0.1) is 0 Å². The number of fused-ring (bicyclic) bond motifs is 1. The van der Waals surface area contributed by atoms with E-state index in [0.717, 1.165) is 4.90 Å². The topological polar surface area (TPSA) is 65.3 Å². The number of amides is 3. The number of hydrogen-bond acceptors (Lipinski definition) is 4. The number of nitrogens with zero attached hydrogens (tertiary/aromatic N) is 4. The molecule has 86 valence electrons. The number of imide groups is 1. The molecule has 2 rings (SSSR count). The van der Waals surface area contributed by atoms with Crippen LogP contribution in [0.3, 0.4) is 0 Å². The summed E-state index contributed by atoms with van der Waals surface area (Å²) >= 11 is 5.65. The van der Waals surface area contributed by atoms with Gasteiger partial charge in [0.15, 0.2) is 11.9 Å². The standard InChI is InChI=1S/C9H11ClN4O2/c1-5-11-6-7(14(5)4-3-10)12-9(16)13(2)8(6)15/h6H,3-4H2,1-2H3.